The number of ketones is 6. The summed E-state index contributed by atoms with van der Waals surface area (Å²) >= 11 is 0. The predicted octanol–water partition coefficient (Wildman–Crippen LogP) is -0.505. The van der Waals surface area contributed by atoms with Gasteiger partial charge in [0.2, 0.25) is 0 Å². The quantitative estimate of drug-likeness (QED) is 0.0815. The Hall–Kier alpha value is -5.79. The van der Waals surface area contributed by atoms with E-state index in [0.29, 0.717) is 45.4 Å². The summed E-state index contributed by atoms with van der Waals surface area (Å²) in [7, 11) is 0. The van der Waals surface area contributed by atoms with Gasteiger partial charge in [-0.15, -0.1) is 0 Å². The first-order chi connectivity index (χ1) is 20.0. The minimum absolute atomic E-state index is 0.127. The highest BCUT2D eigenvalue weighted by Crippen LogP contribution is 2.37. The zero-order chi connectivity index (χ0) is 30.5. The van der Waals surface area contributed by atoms with Crippen molar-refractivity contribution >= 4 is 63.8 Å². The number of carbonyl (C=O) groups is 9. The molecule has 0 fully saturated rings. The maximum Gasteiger partial charge on any atom is 0.388 e. The third-order valence-corrected chi connectivity index (χ3v) is 6.85. The van der Waals surface area contributed by atoms with Gasteiger partial charge in [0.25, 0.3) is 34.5 Å². The van der Waals surface area contributed by atoms with Crippen molar-refractivity contribution in [3.63, 3.8) is 0 Å². The van der Waals surface area contributed by atoms with Crippen molar-refractivity contribution in [1.29, 1.82) is 0 Å². The molecule has 0 saturated carbocycles. The van der Waals surface area contributed by atoms with Crippen LogP contribution in [0.1, 0.15) is 36.0 Å². The molecule has 4 heterocycles. The molecule has 42 heavy (non-hydrogen) atoms. The van der Waals surface area contributed by atoms with Gasteiger partial charge in [0.05, 0.1) is 34.9 Å². The highest BCUT2D eigenvalue weighted by Gasteiger charge is 2.39. The Bertz CT molecular complexity index is 1920. The molecule has 0 saturated heterocycles. The first-order valence-electron chi connectivity index (χ1n) is 12.3. The average molecular weight is 572 g/mol. The zero-order valence-electron chi connectivity index (χ0n) is 21.5. The lowest BCUT2D eigenvalue weighted by Crippen LogP contribution is -2.41. The van der Waals surface area contributed by atoms with Crippen molar-refractivity contribution < 1.29 is 52.6 Å². The molecule has 1 aromatic carbocycles. The van der Waals surface area contributed by atoms with Crippen LogP contribution in [-0.4, -0.2) is 62.5 Å². The topological polar surface area (TPSA) is 207 Å². The van der Waals surface area contributed by atoms with Crippen LogP contribution in [0.4, 0.5) is 0 Å². The SMILES string of the molecule is CC[C@H]1C(=O)OCc2c1cc1n(c2=O)Cc2cc3cc(OC(=O)C(=O)C(=O)C(=O)C(=O)C(=O)C(=O)C=O)ccc3nc2-1. The van der Waals surface area contributed by atoms with Gasteiger partial charge in [0.1, 0.15) is 12.4 Å². The molecule has 2 aromatic heterocycles. The molecule has 0 unspecified atom stereocenters. The molecule has 0 spiro atoms. The van der Waals surface area contributed by atoms with E-state index in [1.807, 2.05) is 6.92 Å². The fourth-order valence-electron chi connectivity index (χ4n) is 4.77. The second-order valence-corrected chi connectivity index (χ2v) is 9.29. The molecule has 0 N–H and O–H groups in total. The van der Waals surface area contributed by atoms with Crippen molar-refractivity contribution in [2.24, 2.45) is 0 Å². The summed E-state index contributed by atoms with van der Waals surface area (Å²) < 4.78 is 11.6. The summed E-state index contributed by atoms with van der Waals surface area (Å²) in [5.41, 5.74) is 2.76. The molecule has 0 bridgehead atoms. The maximum absolute atomic E-state index is 13.2. The molecular formula is C28H16N2O12. The Kier molecular flexibility index (Phi) is 6.82. The number of benzene rings is 1. The number of aromatic nitrogens is 2. The number of hydrogen-bond donors (Lipinski definition) is 0. The predicted molar refractivity (Wildman–Crippen MR) is 135 cm³/mol. The molecule has 0 radical (unpaired) electrons. The Morgan fingerprint density at radius 3 is 2.36 bits per heavy atom. The van der Waals surface area contributed by atoms with E-state index in [-0.39, 0.29) is 24.5 Å². The van der Waals surface area contributed by atoms with Crippen LogP contribution in [0.5, 0.6) is 5.75 Å². The van der Waals surface area contributed by atoms with Crippen molar-refractivity contribution in [2.45, 2.75) is 32.4 Å². The number of pyridine rings is 2. The Morgan fingerprint density at radius 2 is 1.67 bits per heavy atom. The monoisotopic (exact) mass is 572 g/mol. The van der Waals surface area contributed by atoms with Crippen LogP contribution < -0.4 is 10.3 Å². The first-order valence-corrected chi connectivity index (χ1v) is 12.3. The van der Waals surface area contributed by atoms with Crippen LogP contribution >= 0.6 is 0 Å². The minimum atomic E-state index is -2.27. The number of Topliss-reactive ketones (excluding diaryl/α,β-unsaturated/α-hetero) is 6. The van der Waals surface area contributed by atoms with Crippen LogP contribution in [-0.2, 0) is 61.0 Å². The number of cyclic esters (lactones) is 1. The highest BCUT2D eigenvalue weighted by atomic mass is 16.5. The second-order valence-electron chi connectivity index (χ2n) is 9.29. The third-order valence-electron chi connectivity index (χ3n) is 6.85. The fraction of sp³-hybridized carbons (Fsp3) is 0.179. The first kappa shape index (κ1) is 27.8. The van der Waals surface area contributed by atoms with Crippen LogP contribution in [0.3, 0.4) is 0 Å². The van der Waals surface area contributed by atoms with E-state index in [1.165, 1.54) is 22.8 Å². The highest BCUT2D eigenvalue weighted by molar-refractivity contribution is 6.97. The van der Waals surface area contributed by atoms with E-state index in [9.17, 15) is 47.9 Å². The fourth-order valence-corrected chi connectivity index (χ4v) is 4.77. The van der Waals surface area contributed by atoms with E-state index in [1.54, 1.807) is 12.1 Å². The molecule has 5 rings (SSSR count). The molecule has 0 aliphatic carbocycles. The number of rotatable bonds is 9. The van der Waals surface area contributed by atoms with Gasteiger partial charge in [-0.2, -0.15) is 0 Å². The molecule has 210 valence electrons. The van der Waals surface area contributed by atoms with Gasteiger partial charge >= 0.3 is 17.7 Å². The lowest BCUT2D eigenvalue weighted by molar-refractivity contribution is -0.156. The summed E-state index contributed by atoms with van der Waals surface area (Å²) in [6, 6.07) is 7.39. The van der Waals surface area contributed by atoms with Gasteiger partial charge in [-0.3, -0.25) is 43.2 Å². The van der Waals surface area contributed by atoms with Gasteiger partial charge in [-0.1, -0.05) is 6.92 Å². The van der Waals surface area contributed by atoms with Gasteiger partial charge in [0, 0.05) is 10.9 Å². The number of carbonyl (C=O) groups excluding carboxylic acids is 9. The largest absolute Gasteiger partial charge is 0.460 e. The smallest absolute Gasteiger partial charge is 0.388 e. The summed E-state index contributed by atoms with van der Waals surface area (Å²) in [5.74, 6) is -15.9. The van der Waals surface area contributed by atoms with Crippen LogP contribution in [0, 0.1) is 0 Å². The molecule has 1 atom stereocenters. The van der Waals surface area contributed by atoms with Gasteiger partial charge in [0.15, 0.2) is 6.29 Å². The summed E-state index contributed by atoms with van der Waals surface area (Å²) in [6.07, 6.45) is -0.105. The van der Waals surface area contributed by atoms with E-state index in [2.05, 4.69) is 4.98 Å². The molecule has 2 aliphatic rings. The molecule has 14 heteroatoms. The Morgan fingerprint density at radius 1 is 0.976 bits per heavy atom. The minimum Gasteiger partial charge on any atom is -0.460 e. The number of hydrogen-bond acceptors (Lipinski definition) is 13. The summed E-state index contributed by atoms with van der Waals surface area (Å²) in [4.78, 5) is 122. The number of fused-ring (bicyclic) bond motifs is 5. The maximum atomic E-state index is 13.2. The van der Waals surface area contributed by atoms with Crippen molar-refractivity contribution in [3.05, 3.63) is 57.4 Å². The Balaban J connectivity index is 1.39. The van der Waals surface area contributed by atoms with Crippen molar-refractivity contribution in [2.75, 3.05) is 0 Å². The Labute approximate surface area is 233 Å². The molecular weight excluding hydrogens is 556 g/mol. The van der Waals surface area contributed by atoms with Gasteiger partial charge in [-0.25, -0.2) is 9.78 Å². The zero-order valence-corrected chi connectivity index (χ0v) is 21.5. The van der Waals surface area contributed by atoms with E-state index in [4.69, 9.17) is 9.47 Å². The van der Waals surface area contributed by atoms with Gasteiger partial charge < -0.3 is 14.0 Å². The molecule has 2 aliphatic heterocycles. The molecule has 14 nitrogen and oxygen atoms in total. The summed E-state index contributed by atoms with van der Waals surface area (Å²) in [5, 5.41) is 0.414. The third kappa shape index (κ3) is 4.44. The van der Waals surface area contributed by atoms with E-state index < -0.39 is 58.8 Å². The lowest BCUT2D eigenvalue weighted by atomic mass is 9.90. The van der Waals surface area contributed by atoms with E-state index in [0.717, 1.165) is 0 Å². The molecule has 3 aromatic rings. The van der Waals surface area contributed by atoms with Crippen molar-refractivity contribution in [3.8, 4) is 17.1 Å². The lowest BCUT2D eigenvalue weighted by Gasteiger charge is -2.24. The van der Waals surface area contributed by atoms with Crippen LogP contribution in [0.15, 0.2) is 35.1 Å². The number of esters is 2. The van der Waals surface area contributed by atoms with Crippen molar-refractivity contribution in [1.82, 2.24) is 9.55 Å². The molecule has 0 amide bonds. The average Bonchev–Trinajstić information content (AvgIpc) is 3.34. The number of aldehydes is 1. The number of ether oxygens (including phenoxy) is 2. The normalized spacial score (nSPS) is 14.6. The van der Waals surface area contributed by atoms with Crippen LogP contribution in [0.25, 0.3) is 22.3 Å². The van der Waals surface area contributed by atoms with Gasteiger partial charge in [-0.05, 0) is 42.3 Å². The summed E-state index contributed by atoms with van der Waals surface area (Å²) in [6.45, 7) is 1.84. The van der Waals surface area contributed by atoms with Crippen LogP contribution in [0.2, 0.25) is 0 Å². The second kappa shape index (κ2) is 10.3. The van der Waals surface area contributed by atoms with E-state index >= 15 is 0 Å². The number of nitrogens with zero attached hydrogens (tertiary/aromatic N) is 2. The standard InChI is InChI=1S/C28H16N2O12/c1-2-14-15-7-18-20-12(8-30(18)26(38)16(15)10-41-27(14)39)5-11-6-13(3-4-17(11)29-20)42-28(40)25(37)24(36)23(35)22(34)21(33)19(32)9-31/h3-7,9,14H,2,8,10H2,1H3/t14-/m1/s1.